The van der Waals surface area contributed by atoms with Crippen molar-refractivity contribution in [3.63, 3.8) is 0 Å². The van der Waals surface area contributed by atoms with E-state index in [9.17, 15) is 9.59 Å². The second-order valence-corrected chi connectivity index (χ2v) is 7.34. The predicted molar refractivity (Wildman–Crippen MR) is 119 cm³/mol. The molecule has 1 fully saturated rings. The van der Waals surface area contributed by atoms with Crippen LogP contribution in [0.2, 0.25) is 0 Å². The van der Waals surface area contributed by atoms with Crippen molar-refractivity contribution in [2.24, 2.45) is 0 Å². The first-order chi connectivity index (χ1) is 14.6. The fraction of sp³-hybridized carbons (Fsp3) is 0.200. The number of nitrogens with zero attached hydrogens (tertiary/aromatic N) is 1. The Kier molecular flexibility index (Phi) is 5.80. The summed E-state index contributed by atoms with van der Waals surface area (Å²) in [6.07, 6.45) is 4.88. The highest BCUT2D eigenvalue weighted by atomic mass is 16.5. The van der Waals surface area contributed by atoms with Crippen LogP contribution in [0.25, 0.3) is 16.8 Å². The van der Waals surface area contributed by atoms with E-state index in [-0.39, 0.29) is 11.8 Å². The smallest absolute Gasteiger partial charge is 0.244 e. The van der Waals surface area contributed by atoms with Crippen LogP contribution in [0.1, 0.15) is 24.0 Å². The maximum absolute atomic E-state index is 12.2. The van der Waals surface area contributed by atoms with Gasteiger partial charge in [-0.25, -0.2) is 0 Å². The van der Waals surface area contributed by atoms with Gasteiger partial charge in [0.05, 0.1) is 7.11 Å². The van der Waals surface area contributed by atoms with Crippen molar-refractivity contribution in [2.75, 3.05) is 18.6 Å². The molecule has 1 aliphatic heterocycles. The van der Waals surface area contributed by atoms with Crippen molar-refractivity contribution < 1.29 is 14.3 Å². The van der Waals surface area contributed by atoms with Crippen LogP contribution in [0, 0.1) is 0 Å². The Labute approximate surface area is 176 Å². The number of amides is 2. The van der Waals surface area contributed by atoms with Crippen LogP contribution in [-0.4, -0.2) is 25.5 Å². The van der Waals surface area contributed by atoms with Crippen LogP contribution in [0.5, 0.6) is 5.75 Å². The summed E-state index contributed by atoms with van der Waals surface area (Å²) in [6.45, 7) is 1.22. The minimum absolute atomic E-state index is 0.149. The third kappa shape index (κ3) is 4.51. The number of methoxy groups -OCH3 is 1. The highest BCUT2D eigenvalue weighted by Crippen LogP contribution is 2.23. The number of rotatable bonds is 6. The van der Waals surface area contributed by atoms with E-state index in [2.05, 4.69) is 5.32 Å². The molecule has 3 aromatic carbocycles. The molecule has 1 heterocycles. The Hall–Kier alpha value is -3.60. The normalized spacial score (nSPS) is 13.9. The van der Waals surface area contributed by atoms with Gasteiger partial charge < -0.3 is 15.0 Å². The summed E-state index contributed by atoms with van der Waals surface area (Å²) < 4.78 is 5.25. The molecule has 0 radical (unpaired) electrons. The molecule has 152 valence electrons. The first-order valence-corrected chi connectivity index (χ1v) is 10.1. The lowest BCUT2D eigenvalue weighted by Crippen LogP contribution is -2.23. The highest BCUT2D eigenvalue weighted by Gasteiger charge is 2.21. The van der Waals surface area contributed by atoms with Crippen molar-refractivity contribution in [1.29, 1.82) is 0 Å². The number of carbonyl (C=O) groups excluding carboxylic acids is 2. The molecule has 5 nitrogen and oxygen atoms in total. The van der Waals surface area contributed by atoms with Crippen LogP contribution >= 0.6 is 0 Å². The van der Waals surface area contributed by atoms with Gasteiger partial charge >= 0.3 is 0 Å². The Morgan fingerprint density at radius 1 is 1.07 bits per heavy atom. The number of hydrogen-bond donors (Lipinski definition) is 1. The summed E-state index contributed by atoms with van der Waals surface area (Å²) in [6, 6.07) is 19.7. The largest absolute Gasteiger partial charge is 0.497 e. The average Bonchev–Trinajstić information content (AvgIpc) is 3.22. The number of benzene rings is 3. The van der Waals surface area contributed by atoms with Gasteiger partial charge in [-0.3, -0.25) is 9.59 Å². The molecule has 5 heteroatoms. The summed E-state index contributed by atoms with van der Waals surface area (Å²) in [5, 5.41) is 5.08. The van der Waals surface area contributed by atoms with Crippen LogP contribution in [0.4, 0.5) is 5.69 Å². The monoisotopic (exact) mass is 400 g/mol. The van der Waals surface area contributed by atoms with E-state index in [1.54, 1.807) is 19.3 Å². The number of carbonyl (C=O) groups is 2. The fourth-order valence-corrected chi connectivity index (χ4v) is 3.61. The topological polar surface area (TPSA) is 58.6 Å². The van der Waals surface area contributed by atoms with E-state index in [1.807, 2.05) is 65.6 Å². The van der Waals surface area contributed by atoms with E-state index in [0.29, 0.717) is 13.0 Å². The van der Waals surface area contributed by atoms with E-state index in [0.717, 1.165) is 46.3 Å². The molecule has 3 aromatic rings. The maximum atomic E-state index is 12.2. The minimum Gasteiger partial charge on any atom is -0.497 e. The molecule has 4 rings (SSSR count). The van der Waals surface area contributed by atoms with Crippen LogP contribution in [-0.2, 0) is 16.1 Å². The van der Waals surface area contributed by atoms with Gasteiger partial charge in [0.1, 0.15) is 5.75 Å². The average molecular weight is 400 g/mol. The molecule has 2 amide bonds. The van der Waals surface area contributed by atoms with Gasteiger partial charge in [-0.2, -0.15) is 0 Å². The molecular weight excluding hydrogens is 376 g/mol. The van der Waals surface area contributed by atoms with Crippen LogP contribution in [0.3, 0.4) is 0 Å². The van der Waals surface area contributed by atoms with Gasteiger partial charge in [-0.1, -0.05) is 30.3 Å². The van der Waals surface area contributed by atoms with Crippen molar-refractivity contribution in [3.8, 4) is 5.75 Å². The Morgan fingerprint density at radius 2 is 1.83 bits per heavy atom. The molecule has 0 spiro atoms. The number of hydrogen-bond acceptors (Lipinski definition) is 3. The molecule has 30 heavy (non-hydrogen) atoms. The SMILES string of the molecule is COc1ccc2cc(/C=C/C(=O)NCc3ccc(N4CCCC4=O)cc3)ccc2c1. The molecular formula is C25H24N2O3. The van der Waals surface area contributed by atoms with Gasteiger partial charge in [0.25, 0.3) is 0 Å². The lowest BCUT2D eigenvalue weighted by Gasteiger charge is -2.15. The van der Waals surface area contributed by atoms with Crippen molar-refractivity contribution in [1.82, 2.24) is 5.32 Å². The quantitative estimate of drug-likeness (QED) is 0.628. The molecule has 0 unspecified atom stereocenters. The number of ether oxygens (including phenoxy) is 1. The van der Waals surface area contributed by atoms with Crippen LogP contribution in [0.15, 0.2) is 66.7 Å². The third-order valence-electron chi connectivity index (χ3n) is 5.29. The molecule has 0 bridgehead atoms. The molecule has 1 aliphatic rings. The van der Waals surface area contributed by atoms with Gasteiger partial charge in [0, 0.05) is 31.3 Å². The second-order valence-electron chi connectivity index (χ2n) is 7.34. The molecule has 1 N–H and O–H groups in total. The van der Waals surface area contributed by atoms with Gasteiger partial charge in [-0.05, 0) is 64.7 Å². The first-order valence-electron chi connectivity index (χ1n) is 10.1. The summed E-state index contributed by atoms with van der Waals surface area (Å²) in [5.74, 6) is 0.850. The number of nitrogens with one attached hydrogen (secondary N) is 1. The van der Waals surface area contributed by atoms with Crippen molar-refractivity contribution in [3.05, 3.63) is 77.9 Å². The van der Waals surface area contributed by atoms with Gasteiger partial charge in [-0.15, -0.1) is 0 Å². The highest BCUT2D eigenvalue weighted by molar-refractivity contribution is 5.95. The van der Waals surface area contributed by atoms with Crippen LogP contribution < -0.4 is 15.0 Å². The Balaban J connectivity index is 1.33. The Morgan fingerprint density at radius 3 is 2.57 bits per heavy atom. The molecule has 0 aliphatic carbocycles. The van der Waals surface area contributed by atoms with E-state index in [4.69, 9.17) is 4.74 Å². The van der Waals surface area contributed by atoms with E-state index >= 15 is 0 Å². The molecule has 1 saturated heterocycles. The lowest BCUT2D eigenvalue weighted by atomic mass is 10.1. The predicted octanol–water partition coefficient (Wildman–Crippen LogP) is 4.30. The summed E-state index contributed by atoms with van der Waals surface area (Å²) in [5.41, 5.74) is 2.87. The first kappa shape index (κ1) is 19.7. The Bertz CT molecular complexity index is 1100. The van der Waals surface area contributed by atoms with E-state index < -0.39 is 0 Å². The number of anilines is 1. The maximum Gasteiger partial charge on any atom is 0.244 e. The van der Waals surface area contributed by atoms with Crippen molar-refractivity contribution in [2.45, 2.75) is 19.4 Å². The molecule has 0 saturated carbocycles. The zero-order chi connectivity index (χ0) is 20.9. The summed E-state index contributed by atoms with van der Waals surface area (Å²) in [4.78, 5) is 25.8. The standard InChI is InChI=1S/C25H24N2O3/c1-30-23-12-9-20-15-18(4-8-21(20)16-23)7-13-24(28)26-17-19-5-10-22(11-6-19)27-14-2-3-25(27)29/h4-13,15-16H,2-3,14,17H2,1H3,(H,26,28)/b13-7+. The minimum atomic E-state index is -0.149. The third-order valence-corrected chi connectivity index (χ3v) is 5.29. The molecule has 0 aromatic heterocycles. The zero-order valence-corrected chi connectivity index (χ0v) is 16.9. The fourth-order valence-electron chi connectivity index (χ4n) is 3.61. The van der Waals surface area contributed by atoms with Crippen molar-refractivity contribution >= 4 is 34.4 Å². The van der Waals surface area contributed by atoms with Gasteiger partial charge in [0.2, 0.25) is 11.8 Å². The summed E-state index contributed by atoms with van der Waals surface area (Å²) in [7, 11) is 1.65. The zero-order valence-electron chi connectivity index (χ0n) is 16.9. The van der Waals surface area contributed by atoms with Gasteiger partial charge in [0.15, 0.2) is 0 Å². The second kappa shape index (κ2) is 8.82. The molecule has 0 atom stereocenters. The summed E-state index contributed by atoms with van der Waals surface area (Å²) >= 11 is 0. The lowest BCUT2D eigenvalue weighted by molar-refractivity contribution is -0.117. The van der Waals surface area contributed by atoms with E-state index in [1.165, 1.54) is 0 Å². The number of fused-ring (bicyclic) bond motifs is 1.